The molecule has 0 aromatic rings. The van der Waals surface area contributed by atoms with Gasteiger partial charge in [-0.05, 0) is 13.0 Å². The fourth-order valence-electron chi connectivity index (χ4n) is 2.22. The summed E-state index contributed by atoms with van der Waals surface area (Å²) in [7, 11) is 1.39. The van der Waals surface area contributed by atoms with Gasteiger partial charge in [0.2, 0.25) is 5.91 Å². The van der Waals surface area contributed by atoms with Gasteiger partial charge in [-0.15, -0.1) is 13.2 Å². The highest BCUT2D eigenvalue weighted by atomic mass is 16.5. The van der Waals surface area contributed by atoms with E-state index in [0.29, 0.717) is 26.2 Å². The molecule has 0 radical (unpaired) electrons. The first-order valence-corrected chi connectivity index (χ1v) is 6.42. The van der Waals surface area contributed by atoms with Crippen molar-refractivity contribution in [1.29, 1.82) is 0 Å². The van der Waals surface area contributed by atoms with Crippen LogP contribution in [0.5, 0.6) is 0 Å². The molecule has 1 amide bonds. The molecule has 1 heterocycles. The van der Waals surface area contributed by atoms with E-state index in [-0.39, 0.29) is 17.8 Å². The number of hydrogen-bond acceptors (Lipinski definition) is 4. The van der Waals surface area contributed by atoms with Crippen LogP contribution in [-0.2, 0) is 14.3 Å². The summed E-state index contributed by atoms with van der Waals surface area (Å²) in [4.78, 5) is 27.2. The van der Waals surface area contributed by atoms with Gasteiger partial charge in [-0.3, -0.25) is 14.5 Å². The van der Waals surface area contributed by atoms with Gasteiger partial charge >= 0.3 is 5.97 Å². The Bertz CT molecular complexity index is 345. The van der Waals surface area contributed by atoms with E-state index in [1.54, 1.807) is 17.1 Å². The number of esters is 1. The summed E-state index contributed by atoms with van der Waals surface area (Å²) < 4.78 is 4.72. The van der Waals surface area contributed by atoms with Crippen molar-refractivity contribution in [2.24, 2.45) is 5.92 Å². The molecule has 1 fully saturated rings. The van der Waals surface area contributed by atoms with E-state index in [1.165, 1.54) is 7.11 Å². The molecule has 0 aromatic heterocycles. The average molecular weight is 266 g/mol. The summed E-state index contributed by atoms with van der Waals surface area (Å²) in [5, 5.41) is 0. The SMILES string of the molecule is C=CCN(CC=C)C(=O)CN1CCC(C(=O)OC)C1. The lowest BCUT2D eigenvalue weighted by Crippen LogP contribution is -2.40. The maximum atomic E-state index is 12.1. The monoisotopic (exact) mass is 266 g/mol. The van der Waals surface area contributed by atoms with Crippen LogP contribution < -0.4 is 0 Å². The third-order valence-corrected chi connectivity index (χ3v) is 3.22. The second-order valence-electron chi connectivity index (χ2n) is 4.62. The Morgan fingerprint density at radius 2 is 2.00 bits per heavy atom. The molecule has 1 aliphatic rings. The van der Waals surface area contributed by atoms with E-state index in [2.05, 4.69) is 13.2 Å². The third-order valence-electron chi connectivity index (χ3n) is 3.22. The predicted octanol–water partition coefficient (Wildman–Crippen LogP) is 0.682. The smallest absolute Gasteiger partial charge is 0.310 e. The standard InChI is InChI=1S/C14H22N2O3/c1-4-7-16(8-5-2)13(17)11-15-9-6-12(10-15)14(18)19-3/h4-5,12H,1-2,6-11H2,3H3. The first kappa shape index (κ1) is 15.4. The van der Waals surface area contributed by atoms with E-state index in [4.69, 9.17) is 4.74 Å². The molecular weight excluding hydrogens is 244 g/mol. The van der Waals surface area contributed by atoms with E-state index < -0.39 is 0 Å². The number of nitrogens with zero attached hydrogens (tertiary/aromatic N) is 2. The molecule has 1 aliphatic heterocycles. The quantitative estimate of drug-likeness (QED) is 0.502. The van der Waals surface area contributed by atoms with Gasteiger partial charge in [0.1, 0.15) is 0 Å². The summed E-state index contributed by atoms with van der Waals surface area (Å²) in [6, 6.07) is 0. The molecule has 0 N–H and O–H groups in total. The molecule has 106 valence electrons. The average Bonchev–Trinajstić information content (AvgIpc) is 2.86. The van der Waals surface area contributed by atoms with Gasteiger partial charge in [0.15, 0.2) is 0 Å². The Balaban J connectivity index is 2.46. The summed E-state index contributed by atoms with van der Waals surface area (Å²) >= 11 is 0. The van der Waals surface area contributed by atoms with Crippen molar-refractivity contribution in [1.82, 2.24) is 9.80 Å². The van der Waals surface area contributed by atoms with Crippen LogP contribution in [-0.4, -0.2) is 61.5 Å². The number of amides is 1. The van der Waals surface area contributed by atoms with Crippen molar-refractivity contribution in [3.8, 4) is 0 Å². The highest BCUT2D eigenvalue weighted by Crippen LogP contribution is 2.17. The fraction of sp³-hybridized carbons (Fsp3) is 0.571. The first-order valence-electron chi connectivity index (χ1n) is 6.42. The lowest BCUT2D eigenvalue weighted by molar-refractivity contribution is -0.145. The van der Waals surface area contributed by atoms with Gasteiger partial charge < -0.3 is 9.64 Å². The Morgan fingerprint density at radius 3 is 2.53 bits per heavy atom. The highest BCUT2D eigenvalue weighted by molar-refractivity contribution is 5.79. The molecule has 0 aliphatic carbocycles. The lowest BCUT2D eigenvalue weighted by Gasteiger charge is -2.23. The summed E-state index contributed by atoms with van der Waals surface area (Å²) in [6.45, 7) is 9.98. The van der Waals surface area contributed by atoms with Crippen LogP contribution in [0, 0.1) is 5.92 Å². The van der Waals surface area contributed by atoms with Crippen molar-refractivity contribution in [2.75, 3.05) is 39.8 Å². The zero-order chi connectivity index (χ0) is 14.3. The van der Waals surface area contributed by atoms with Crippen LogP contribution in [0.2, 0.25) is 0 Å². The minimum Gasteiger partial charge on any atom is -0.469 e. The second-order valence-corrected chi connectivity index (χ2v) is 4.62. The van der Waals surface area contributed by atoms with Crippen molar-refractivity contribution in [2.45, 2.75) is 6.42 Å². The molecule has 1 atom stereocenters. The van der Waals surface area contributed by atoms with Gasteiger partial charge in [0.25, 0.3) is 0 Å². The molecule has 5 heteroatoms. The van der Waals surface area contributed by atoms with Crippen LogP contribution in [0.15, 0.2) is 25.3 Å². The number of hydrogen-bond donors (Lipinski definition) is 0. The van der Waals surface area contributed by atoms with E-state index in [9.17, 15) is 9.59 Å². The molecule has 0 bridgehead atoms. The number of ether oxygens (including phenoxy) is 1. The van der Waals surface area contributed by atoms with Crippen LogP contribution in [0.25, 0.3) is 0 Å². The van der Waals surface area contributed by atoms with Gasteiger partial charge in [0.05, 0.1) is 19.6 Å². The zero-order valence-corrected chi connectivity index (χ0v) is 11.5. The van der Waals surface area contributed by atoms with Crippen molar-refractivity contribution >= 4 is 11.9 Å². The topological polar surface area (TPSA) is 49.9 Å². The maximum Gasteiger partial charge on any atom is 0.310 e. The molecule has 1 rings (SSSR count). The van der Waals surface area contributed by atoms with Gasteiger partial charge in [-0.1, -0.05) is 12.2 Å². The van der Waals surface area contributed by atoms with Crippen molar-refractivity contribution in [3.05, 3.63) is 25.3 Å². The number of rotatable bonds is 7. The van der Waals surface area contributed by atoms with Crippen LogP contribution in [0.4, 0.5) is 0 Å². The van der Waals surface area contributed by atoms with E-state index in [1.807, 2.05) is 4.90 Å². The molecule has 5 nitrogen and oxygen atoms in total. The van der Waals surface area contributed by atoms with Crippen molar-refractivity contribution < 1.29 is 14.3 Å². The number of likely N-dealkylation sites (tertiary alicyclic amines) is 1. The Labute approximate surface area is 114 Å². The van der Waals surface area contributed by atoms with Crippen LogP contribution in [0.3, 0.4) is 0 Å². The molecule has 0 saturated carbocycles. The highest BCUT2D eigenvalue weighted by Gasteiger charge is 2.30. The molecule has 0 spiro atoms. The zero-order valence-electron chi connectivity index (χ0n) is 11.5. The minimum absolute atomic E-state index is 0.0327. The summed E-state index contributed by atoms with van der Waals surface area (Å²) in [6.07, 6.45) is 4.15. The third kappa shape index (κ3) is 4.52. The lowest BCUT2D eigenvalue weighted by atomic mass is 10.1. The predicted molar refractivity (Wildman–Crippen MR) is 73.5 cm³/mol. The minimum atomic E-state index is -0.191. The molecular formula is C14H22N2O3. The Hall–Kier alpha value is -1.62. The van der Waals surface area contributed by atoms with Gasteiger partial charge in [-0.2, -0.15) is 0 Å². The van der Waals surface area contributed by atoms with Crippen molar-refractivity contribution in [3.63, 3.8) is 0 Å². The second kappa shape index (κ2) is 7.74. The van der Waals surface area contributed by atoms with Gasteiger partial charge in [-0.25, -0.2) is 0 Å². The Morgan fingerprint density at radius 1 is 1.37 bits per heavy atom. The maximum absolute atomic E-state index is 12.1. The normalized spacial score (nSPS) is 18.9. The summed E-state index contributed by atoms with van der Waals surface area (Å²) in [5.41, 5.74) is 0. The fourth-order valence-corrected chi connectivity index (χ4v) is 2.22. The molecule has 0 aromatic carbocycles. The van der Waals surface area contributed by atoms with Crippen LogP contribution >= 0.6 is 0 Å². The summed E-state index contributed by atoms with van der Waals surface area (Å²) in [5.74, 6) is -0.264. The van der Waals surface area contributed by atoms with E-state index >= 15 is 0 Å². The van der Waals surface area contributed by atoms with E-state index in [0.717, 1.165) is 13.0 Å². The number of carbonyl (C=O) groups excluding carboxylic acids is 2. The van der Waals surface area contributed by atoms with Crippen LogP contribution in [0.1, 0.15) is 6.42 Å². The molecule has 19 heavy (non-hydrogen) atoms. The molecule has 1 unspecified atom stereocenters. The largest absolute Gasteiger partial charge is 0.469 e. The first-order chi connectivity index (χ1) is 9.12. The number of methoxy groups -OCH3 is 1. The Kier molecular flexibility index (Phi) is 6.29. The molecule has 1 saturated heterocycles. The van der Waals surface area contributed by atoms with Gasteiger partial charge in [0, 0.05) is 19.6 Å². The number of carbonyl (C=O) groups is 2.